The van der Waals surface area contributed by atoms with Gasteiger partial charge in [0.2, 0.25) is 0 Å². The third-order valence-corrected chi connectivity index (χ3v) is 3.86. The van der Waals surface area contributed by atoms with Crippen molar-refractivity contribution in [3.63, 3.8) is 0 Å². The summed E-state index contributed by atoms with van der Waals surface area (Å²) in [4.78, 5) is 22.6. The first-order valence-corrected chi connectivity index (χ1v) is 7.16. The van der Waals surface area contributed by atoms with Crippen LogP contribution in [0.3, 0.4) is 0 Å². The molecule has 1 N–H and O–H groups in total. The second-order valence-corrected chi connectivity index (χ2v) is 5.61. The van der Waals surface area contributed by atoms with Gasteiger partial charge in [-0.05, 0) is 33.1 Å². The highest BCUT2D eigenvalue weighted by molar-refractivity contribution is 5.72. The van der Waals surface area contributed by atoms with Crippen LogP contribution in [0.2, 0.25) is 0 Å². The average Bonchev–Trinajstić information content (AvgIpc) is 3.25. The van der Waals surface area contributed by atoms with Crippen LogP contribution in [0.4, 0.5) is 0 Å². The number of epoxide rings is 2. The molecule has 0 amide bonds. The Balaban J connectivity index is 1.73. The van der Waals surface area contributed by atoms with E-state index >= 15 is 0 Å². The van der Waals surface area contributed by atoms with Crippen molar-refractivity contribution in [1.82, 2.24) is 0 Å². The molecule has 2 fully saturated rings. The van der Waals surface area contributed by atoms with Gasteiger partial charge < -0.3 is 19.3 Å². The van der Waals surface area contributed by atoms with Gasteiger partial charge in [-0.25, -0.2) is 0 Å². The minimum atomic E-state index is -0.839. The zero-order valence-electron chi connectivity index (χ0n) is 11.9. The van der Waals surface area contributed by atoms with E-state index in [-0.39, 0.29) is 49.3 Å². The Hall–Kier alpha value is -1.14. The lowest BCUT2D eigenvalue weighted by Crippen LogP contribution is -2.22. The number of esters is 1. The molecule has 5 unspecified atom stereocenters. The molecule has 0 aromatic heterocycles. The summed E-state index contributed by atoms with van der Waals surface area (Å²) in [6.45, 7) is 4.18. The predicted molar refractivity (Wildman–Crippen MR) is 69.2 cm³/mol. The van der Waals surface area contributed by atoms with Gasteiger partial charge in [-0.2, -0.15) is 0 Å². The molecule has 0 saturated carbocycles. The highest BCUT2D eigenvalue weighted by Gasteiger charge is 2.39. The highest BCUT2D eigenvalue weighted by atomic mass is 16.6. The third-order valence-electron chi connectivity index (χ3n) is 3.86. The fraction of sp³-hybridized carbons (Fsp3) is 0.857. The van der Waals surface area contributed by atoms with Gasteiger partial charge in [0.05, 0.1) is 24.2 Å². The van der Waals surface area contributed by atoms with E-state index < -0.39 is 5.97 Å². The zero-order chi connectivity index (χ0) is 14.7. The van der Waals surface area contributed by atoms with Gasteiger partial charge in [0, 0.05) is 6.42 Å². The highest BCUT2D eigenvalue weighted by Crippen LogP contribution is 2.31. The Bertz CT molecular complexity index is 369. The molecule has 0 aromatic rings. The number of rotatable bonds is 9. The largest absolute Gasteiger partial charge is 0.481 e. The normalized spacial score (nSPS) is 32.5. The molecule has 5 atom stereocenters. The summed E-state index contributed by atoms with van der Waals surface area (Å²) in [6.07, 6.45) is 2.18. The molecule has 2 saturated heterocycles. The van der Waals surface area contributed by atoms with E-state index in [1.807, 2.05) is 13.8 Å². The number of hydrogen-bond donors (Lipinski definition) is 1. The van der Waals surface area contributed by atoms with Crippen molar-refractivity contribution in [2.75, 3.05) is 6.61 Å². The van der Waals surface area contributed by atoms with Crippen LogP contribution in [0.15, 0.2) is 0 Å². The molecular formula is C14H22O6. The molecule has 2 heterocycles. The lowest BCUT2D eigenvalue weighted by atomic mass is 9.96. The van der Waals surface area contributed by atoms with E-state index in [9.17, 15) is 9.59 Å². The second-order valence-electron chi connectivity index (χ2n) is 5.61. The third kappa shape index (κ3) is 4.76. The molecule has 0 aromatic carbocycles. The van der Waals surface area contributed by atoms with Gasteiger partial charge in [-0.3, -0.25) is 9.59 Å². The van der Waals surface area contributed by atoms with Crippen molar-refractivity contribution >= 4 is 11.9 Å². The monoisotopic (exact) mass is 286 g/mol. The van der Waals surface area contributed by atoms with E-state index in [2.05, 4.69) is 0 Å². The van der Waals surface area contributed by atoms with Crippen molar-refractivity contribution in [3.05, 3.63) is 0 Å². The summed E-state index contributed by atoms with van der Waals surface area (Å²) >= 11 is 0. The quantitative estimate of drug-likeness (QED) is 0.508. The van der Waals surface area contributed by atoms with E-state index in [1.54, 1.807) is 0 Å². The lowest BCUT2D eigenvalue weighted by molar-refractivity contribution is -0.150. The molecule has 0 aliphatic carbocycles. The van der Waals surface area contributed by atoms with Crippen LogP contribution < -0.4 is 0 Å². The number of carbonyl (C=O) groups excluding carboxylic acids is 1. The molecular weight excluding hydrogens is 264 g/mol. The molecule has 0 radical (unpaired) electrons. The predicted octanol–water partition coefficient (Wildman–Crippen LogP) is 1.37. The molecule has 6 heteroatoms. The van der Waals surface area contributed by atoms with Crippen LogP contribution >= 0.6 is 0 Å². The maximum atomic E-state index is 12.0. The fourth-order valence-corrected chi connectivity index (χ4v) is 2.28. The Labute approximate surface area is 118 Å². The number of ether oxygens (including phenoxy) is 3. The van der Waals surface area contributed by atoms with Crippen LogP contribution in [0.25, 0.3) is 0 Å². The van der Waals surface area contributed by atoms with Crippen LogP contribution in [0.5, 0.6) is 0 Å². The number of hydrogen-bond acceptors (Lipinski definition) is 5. The Morgan fingerprint density at radius 3 is 2.30 bits per heavy atom. The maximum Gasteiger partial charge on any atom is 0.309 e. The van der Waals surface area contributed by atoms with E-state index in [4.69, 9.17) is 19.3 Å². The SMILES string of the molecule is CC1OC1COC(=O)C(CCCC(=O)O)CC1OC1C. The summed E-state index contributed by atoms with van der Waals surface area (Å²) in [5.74, 6) is -1.38. The van der Waals surface area contributed by atoms with Gasteiger partial charge in [0.15, 0.2) is 0 Å². The van der Waals surface area contributed by atoms with Gasteiger partial charge in [-0.1, -0.05) is 0 Å². The Morgan fingerprint density at radius 1 is 1.20 bits per heavy atom. The average molecular weight is 286 g/mol. The van der Waals surface area contributed by atoms with Crippen molar-refractivity contribution < 1.29 is 28.9 Å². The van der Waals surface area contributed by atoms with Gasteiger partial charge in [-0.15, -0.1) is 0 Å². The molecule has 6 nitrogen and oxygen atoms in total. The standard InChI is InChI=1S/C14H22O6/c1-8-11(19-8)6-10(4-3-5-13(15)16)14(17)18-7-12-9(2)20-12/h8-12H,3-7H2,1-2H3,(H,15,16). The summed E-state index contributed by atoms with van der Waals surface area (Å²) < 4.78 is 15.8. The minimum Gasteiger partial charge on any atom is -0.481 e. The van der Waals surface area contributed by atoms with E-state index in [0.717, 1.165) is 0 Å². The molecule has 2 aliphatic heterocycles. The Morgan fingerprint density at radius 2 is 1.80 bits per heavy atom. The molecule has 2 rings (SSSR count). The smallest absolute Gasteiger partial charge is 0.309 e. The van der Waals surface area contributed by atoms with Crippen LogP contribution in [-0.4, -0.2) is 48.1 Å². The van der Waals surface area contributed by atoms with Gasteiger partial charge in [0.1, 0.15) is 12.7 Å². The number of aliphatic carboxylic acids is 1. The van der Waals surface area contributed by atoms with Crippen molar-refractivity contribution in [1.29, 1.82) is 0 Å². The molecule has 114 valence electrons. The van der Waals surface area contributed by atoms with Crippen molar-refractivity contribution in [2.24, 2.45) is 5.92 Å². The van der Waals surface area contributed by atoms with Crippen LogP contribution in [0, 0.1) is 5.92 Å². The number of carboxylic acids is 1. The molecule has 0 bridgehead atoms. The Kier molecular flexibility index (Phi) is 4.99. The van der Waals surface area contributed by atoms with Crippen molar-refractivity contribution in [3.8, 4) is 0 Å². The first-order valence-electron chi connectivity index (χ1n) is 7.16. The molecule has 2 aliphatic rings. The van der Waals surface area contributed by atoms with Crippen LogP contribution in [-0.2, 0) is 23.8 Å². The summed E-state index contributed by atoms with van der Waals surface area (Å²) in [5.41, 5.74) is 0. The van der Waals surface area contributed by atoms with Crippen molar-refractivity contribution in [2.45, 2.75) is 63.9 Å². The molecule has 0 spiro atoms. The maximum absolute atomic E-state index is 12.0. The van der Waals surface area contributed by atoms with Gasteiger partial charge in [0.25, 0.3) is 0 Å². The first kappa shape index (κ1) is 15.3. The van der Waals surface area contributed by atoms with E-state index in [1.165, 1.54) is 0 Å². The van der Waals surface area contributed by atoms with E-state index in [0.29, 0.717) is 19.3 Å². The first-order chi connectivity index (χ1) is 9.47. The number of carbonyl (C=O) groups is 2. The minimum absolute atomic E-state index is 0.0229. The molecule has 20 heavy (non-hydrogen) atoms. The second kappa shape index (κ2) is 6.54. The van der Waals surface area contributed by atoms with Crippen LogP contribution in [0.1, 0.15) is 39.5 Å². The zero-order valence-corrected chi connectivity index (χ0v) is 11.9. The summed E-state index contributed by atoms with van der Waals surface area (Å²) in [7, 11) is 0. The lowest BCUT2D eigenvalue weighted by Gasteiger charge is -2.14. The van der Waals surface area contributed by atoms with Gasteiger partial charge >= 0.3 is 11.9 Å². The summed E-state index contributed by atoms with van der Waals surface area (Å²) in [5, 5.41) is 8.66. The summed E-state index contributed by atoms with van der Waals surface area (Å²) in [6, 6.07) is 0. The fourth-order valence-electron chi connectivity index (χ4n) is 2.28. The topological polar surface area (TPSA) is 88.7 Å². The number of carboxylic acid groups (broad SMARTS) is 1.